The first-order chi connectivity index (χ1) is 17.9. The van der Waals surface area contributed by atoms with Crippen LogP contribution in [0.1, 0.15) is 35.0 Å². The monoisotopic (exact) mass is 506 g/mol. The topological polar surface area (TPSA) is 150 Å². The molecule has 0 radical (unpaired) electrons. The number of nitrogens with one attached hydrogen (secondary N) is 2. The molecule has 1 amide bonds. The van der Waals surface area contributed by atoms with Crippen LogP contribution in [0.3, 0.4) is 0 Å². The molecule has 0 atom stereocenters. The Morgan fingerprint density at radius 1 is 1.16 bits per heavy atom. The number of nitrogens with zero attached hydrogens (tertiary/aromatic N) is 4. The smallest absolute Gasteiger partial charge is 0.322 e. The van der Waals surface area contributed by atoms with Crippen molar-refractivity contribution in [3.8, 4) is 16.9 Å². The molecule has 11 heteroatoms. The zero-order valence-corrected chi connectivity index (χ0v) is 20.6. The molecule has 4 N–H and O–H groups in total. The Labute approximate surface area is 213 Å². The molecule has 11 nitrogen and oxygen atoms in total. The van der Waals surface area contributed by atoms with Gasteiger partial charge in [-0.25, -0.2) is 9.67 Å². The van der Waals surface area contributed by atoms with Gasteiger partial charge in [-0.3, -0.25) is 14.4 Å². The average Bonchev–Trinajstić information content (AvgIpc) is 2.91. The molecule has 0 aliphatic carbocycles. The Bertz CT molecular complexity index is 1350. The van der Waals surface area contributed by atoms with Gasteiger partial charge in [-0.1, -0.05) is 37.6 Å². The fourth-order valence-electron chi connectivity index (χ4n) is 4.33. The van der Waals surface area contributed by atoms with Crippen LogP contribution in [-0.2, 0) is 17.8 Å². The lowest BCUT2D eigenvalue weighted by atomic mass is 10.00. The van der Waals surface area contributed by atoms with Gasteiger partial charge in [0.15, 0.2) is 5.75 Å². The van der Waals surface area contributed by atoms with E-state index in [1.165, 1.54) is 0 Å². The summed E-state index contributed by atoms with van der Waals surface area (Å²) >= 11 is 0. The van der Waals surface area contributed by atoms with Gasteiger partial charge in [0.2, 0.25) is 0 Å². The van der Waals surface area contributed by atoms with Crippen LogP contribution in [0.25, 0.3) is 11.1 Å². The van der Waals surface area contributed by atoms with E-state index in [1.54, 1.807) is 6.20 Å². The summed E-state index contributed by atoms with van der Waals surface area (Å²) in [5.41, 5.74) is 1.49. The second-order valence-corrected chi connectivity index (χ2v) is 8.76. The summed E-state index contributed by atoms with van der Waals surface area (Å²) < 4.78 is 1.15. The Hall–Kier alpha value is -4.25. The van der Waals surface area contributed by atoms with Crippen LogP contribution < -0.4 is 21.1 Å². The van der Waals surface area contributed by atoms with E-state index in [2.05, 4.69) is 25.6 Å². The third-order valence-electron chi connectivity index (χ3n) is 6.15. The quantitative estimate of drug-likeness (QED) is 0.336. The summed E-state index contributed by atoms with van der Waals surface area (Å²) in [5, 5.41) is 29.4. The molecular formula is C26H30N6O5. The number of hydrogen-bond donors (Lipinski definition) is 4. The molecule has 2 aromatic heterocycles. The van der Waals surface area contributed by atoms with Crippen molar-refractivity contribution in [2.24, 2.45) is 0 Å². The zero-order valence-electron chi connectivity index (χ0n) is 20.6. The number of pyridine rings is 1. The molecule has 194 valence electrons. The number of aryl methyl sites for hydroxylation is 1. The molecule has 1 fully saturated rings. The molecule has 3 heterocycles. The highest BCUT2D eigenvalue weighted by molar-refractivity contribution is 5.98. The number of aliphatic carboxylic acids is 1. The minimum Gasteiger partial charge on any atom is -0.505 e. The predicted molar refractivity (Wildman–Crippen MR) is 138 cm³/mol. The van der Waals surface area contributed by atoms with Gasteiger partial charge in [0.1, 0.15) is 23.6 Å². The fourth-order valence-corrected chi connectivity index (χ4v) is 4.33. The van der Waals surface area contributed by atoms with Crippen LogP contribution in [0.5, 0.6) is 5.75 Å². The van der Waals surface area contributed by atoms with Gasteiger partial charge in [-0.2, -0.15) is 5.10 Å². The van der Waals surface area contributed by atoms with E-state index < -0.39 is 35.3 Å². The van der Waals surface area contributed by atoms with Crippen LogP contribution in [0.15, 0.2) is 47.4 Å². The number of aromatic hydroxyl groups is 1. The molecule has 0 unspecified atom stereocenters. The SMILES string of the molecule is CCCc1nn(Cc2ccccc2-c2ccnc(N3CCNCC3)c2)c(=O)c(C(=O)NCC(=O)O)c1O. The summed E-state index contributed by atoms with van der Waals surface area (Å²) in [6, 6.07) is 11.5. The molecular weight excluding hydrogens is 476 g/mol. The van der Waals surface area contributed by atoms with Crippen molar-refractivity contribution in [1.82, 2.24) is 25.4 Å². The van der Waals surface area contributed by atoms with Crippen LogP contribution in [0.4, 0.5) is 5.82 Å². The van der Waals surface area contributed by atoms with Gasteiger partial charge >= 0.3 is 5.97 Å². The molecule has 3 aromatic rings. The van der Waals surface area contributed by atoms with Gasteiger partial charge in [0.25, 0.3) is 11.5 Å². The zero-order chi connectivity index (χ0) is 26.4. The van der Waals surface area contributed by atoms with Gasteiger partial charge in [-0.05, 0) is 35.2 Å². The van der Waals surface area contributed by atoms with Crippen LogP contribution in [0.2, 0.25) is 0 Å². The highest BCUT2D eigenvalue weighted by Crippen LogP contribution is 2.27. The summed E-state index contributed by atoms with van der Waals surface area (Å²) in [6.07, 6.45) is 2.72. The van der Waals surface area contributed by atoms with E-state index in [-0.39, 0.29) is 12.2 Å². The van der Waals surface area contributed by atoms with Gasteiger partial charge in [-0.15, -0.1) is 0 Å². The number of aromatic nitrogens is 3. The number of amides is 1. The van der Waals surface area contributed by atoms with Crippen LogP contribution >= 0.6 is 0 Å². The maximum atomic E-state index is 13.3. The Morgan fingerprint density at radius 2 is 1.92 bits per heavy atom. The van der Waals surface area contributed by atoms with Crippen molar-refractivity contribution in [3.05, 3.63) is 69.8 Å². The van der Waals surface area contributed by atoms with E-state index in [0.717, 1.165) is 53.4 Å². The van der Waals surface area contributed by atoms with Crippen molar-refractivity contribution in [1.29, 1.82) is 0 Å². The maximum Gasteiger partial charge on any atom is 0.322 e. The number of carboxylic acids is 1. The number of carbonyl (C=O) groups is 2. The molecule has 0 bridgehead atoms. The second kappa shape index (κ2) is 11.7. The van der Waals surface area contributed by atoms with Gasteiger partial charge in [0.05, 0.1) is 6.54 Å². The predicted octanol–water partition coefficient (Wildman–Crippen LogP) is 1.24. The first kappa shape index (κ1) is 25.8. The molecule has 1 aliphatic heterocycles. The molecule has 0 saturated carbocycles. The lowest BCUT2D eigenvalue weighted by Crippen LogP contribution is -2.43. The van der Waals surface area contributed by atoms with E-state index in [0.29, 0.717) is 12.8 Å². The van der Waals surface area contributed by atoms with Crippen molar-refractivity contribution in [2.45, 2.75) is 26.3 Å². The van der Waals surface area contributed by atoms with Gasteiger partial charge in [0, 0.05) is 32.4 Å². The molecule has 1 saturated heterocycles. The summed E-state index contributed by atoms with van der Waals surface area (Å²) in [4.78, 5) is 43.5. The van der Waals surface area contributed by atoms with Crippen LogP contribution in [-0.4, -0.2) is 69.6 Å². The molecule has 1 aliphatic rings. The minimum absolute atomic E-state index is 0.0521. The summed E-state index contributed by atoms with van der Waals surface area (Å²) in [7, 11) is 0. The highest BCUT2D eigenvalue weighted by Gasteiger charge is 2.24. The first-order valence-electron chi connectivity index (χ1n) is 12.2. The molecule has 37 heavy (non-hydrogen) atoms. The van der Waals surface area contributed by atoms with Crippen molar-refractivity contribution >= 4 is 17.7 Å². The normalized spacial score (nSPS) is 13.4. The third-order valence-corrected chi connectivity index (χ3v) is 6.15. The lowest BCUT2D eigenvalue weighted by molar-refractivity contribution is -0.135. The minimum atomic E-state index is -1.26. The number of carbonyl (C=O) groups excluding carboxylic acids is 1. The number of carboxylic acid groups (broad SMARTS) is 1. The van der Waals surface area contributed by atoms with Crippen molar-refractivity contribution in [3.63, 3.8) is 0 Å². The van der Waals surface area contributed by atoms with Crippen LogP contribution in [0, 0.1) is 0 Å². The fraction of sp³-hybridized carbons (Fsp3) is 0.346. The Balaban J connectivity index is 1.72. The Morgan fingerprint density at radius 3 is 2.65 bits per heavy atom. The number of piperazine rings is 1. The van der Waals surface area contributed by atoms with E-state index in [1.807, 2.05) is 43.3 Å². The standard InChI is InChI=1S/C26H30N6O5/c1-2-5-20-24(35)23(25(36)29-15-22(33)34)26(37)32(30-20)16-18-6-3-4-7-19(18)17-8-9-28-21(14-17)31-12-10-27-11-13-31/h3-4,6-9,14,27,35H,2,5,10-13,15-16H2,1H3,(H,29,36)(H,33,34). The number of rotatable bonds is 9. The third kappa shape index (κ3) is 5.95. The molecule has 1 aromatic carbocycles. The Kier molecular flexibility index (Phi) is 8.14. The van der Waals surface area contributed by atoms with E-state index in [4.69, 9.17) is 5.11 Å². The summed E-state index contributed by atoms with van der Waals surface area (Å²) in [6.45, 7) is 4.76. The van der Waals surface area contributed by atoms with E-state index >= 15 is 0 Å². The van der Waals surface area contributed by atoms with Crippen molar-refractivity contribution in [2.75, 3.05) is 37.6 Å². The largest absolute Gasteiger partial charge is 0.505 e. The van der Waals surface area contributed by atoms with Crippen molar-refractivity contribution < 1.29 is 19.8 Å². The average molecular weight is 507 g/mol. The second-order valence-electron chi connectivity index (χ2n) is 8.76. The molecule has 0 spiro atoms. The number of benzene rings is 1. The van der Waals surface area contributed by atoms with E-state index in [9.17, 15) is 19.5 Å². The first-order valence-corrected chi connectivity index (χ1v) is 12.2. The molecule has 4 rings (SSSR count). The highest BCUT2D eigenvalue weighted by atomic mass is 16.4. The van der Waals surface area contributed by atoms with Gasteiger partial charge < -0.3 is 25.7 Å². The number of hydrogen-bond acceptors (Lipinski definition) is 8. The maximum absolute atomic E-state index is 13.3. The number of anilines is 1. The lowest BCUT2D eigenvalue weighted by Gasteiger charge is -2.28. The summed E-state index contributed by atoms with van der Waals surface area (Å²) in [5.74, 6) is -1.87.